The van der Waals surface area contributed by atoms with Crippen molar-refractivity contribution in [2.24, 2.45) is 0 Å². The van der Waals surface area contributed by atoms with E-state index in [4.69, 9.17) is 4.74 Å². The second-order valence-electron chi connectivity index (χ2n) is 2.59. The number of hydrogen-bond acceptors (Lipinski definition) is 2. The third-order valence-corrected chi connectivity index (χ3v) is 2.03. The molecule has 0 unspecified atom stereocenters. The van der Waals surface area contributed by atoms with Crippen molar-refractivity contribution in [3.8, 4) is 0 Å². The highest BCUT2D eigenvalue weighted by atomic mass is 16.5. The topological polar surface area (TPSA) is 12.5 Å². The van der Waals surface area contributed by atoms with E-state index in [9.17, 15) is 0 Å². The van der Waals surface area contributed by atoms with Gasteiger partial charge in [0.15, 0.2) is 0 Å². The van der Waals surface area contributed by atoms with E-state index in [0.717, 1.165) is 19.8 Å². The summed E-state index contributed by atoms with van der Waals surface area (Å²) in [5.74, 6) is 0. The van der Waals surface area contributed by atoms with Crippen molar-refractivity contribution in [3.05, 3.63) is 0 Å². The fraction of sp³-hybridized carbons (Fsp3) is 1.00. The smallest absolute Gasteiger partial charge is 0.0622 e. The molecule has 1 heterocycles. The Hall–Kier alpha value is -0.0800. The van der Waals surface area contributed by atoms with Crippen molar-refractivity contribution in [1.29, 1.82) is 0 Å². The molecular formula is C7H15NO. The first-order chi connectivity index (χ1) is 4.34. The molecular weight excluding hydrogens is 114 g/mol. The minimum atomic E-state index is 0.690. The lowest BCUT2D eigenvalue weighted by molar-refractivity contribution is 0.162. The summed E-state index contributed by atoms with van der Waals surface area (Å²) in [6.45, 7) is 5.20. The standard InChI is InChI=1S/C7H15NO/c1-3-8(2)7-4-5-9-6-7/h7H,3-6H2,1-2H3/t7-/m1/s1. The molecule has 0 aromatic carbocycles. The lowest BCUT2D eigenvalue weighted by Crippen LogP contribution is -2.31. The lowest BCUT2D eigenvalue weighted by Gasteiger charge is -2.19. The van der Waals surface area contributed by atoms with Crippen LogP contribution >= 0.6 is 0 Å². The van der Waals surface area contributed by atoms with Gasteiger partial charge in [0.25, 0.3) is 0 Å². The molecule has 0 aromatic heterocycles. The van der Waals surface area contributed by atoms with Gasteiger partial charge in [0, 0.05) is 12.6 Å². The Kier molecular flexibility index (Phi) is 2.49. The summed E-state index contributed by atoms with van der Waals surface area (Å²) in [6, 6.07) is 0.690. The highest BCUT2D eigenvalue weighted by Gasteiger charge is 2.18. The molecule has 1 atom stereocenters. The Morgan fingerprint density at radius 3 is 2.89 bits per heavy atom. The van der Waals surface area contributed by atoms with Gasteiger partial charge in [-0.05, 0) is 20.0 Å². The van der Waals surface area contributed by atoms with Gasteiger partial charge in [0.1, 0.15) is 0 Å². The molecule has 2 nitrogen and oxygen atoms in total. The first-order valence-electron chi connectivity index (χ1n) is 3.62. The molecule has 0 saturated carbocycles. The van der Waals surface area contributed by atoms with Crippen molar-refractivity contribution in [2.75, 3.05) is 26.8 Å². The predicted octanol–water partition coefficient (Wildman–Crippen LogP) is 0.727. The van der Waals surface area contributed by atoms with E-state index in [1.807, 2.05) is 0 Å². The fourth-order valence-electron chi connectivity index (χ4n) is 1.13. The van der Waals surface area contributed by atoms with Crippen LogP contribution in [0.5, 0.6) is 0 Å². The van der Waals surface area contributed by atoms with Crippen LogP contribution in [0.2, 0.25) is 0 Å². The van der Waals surface area contributed by atoms with E-state index in [1.165, 1.54) is 6.42 Å². The normalized spacial score (nSPS) is 27.7. The molecule has 0 N–H and O–H groups in total. The summed E-state index contributed by atoms with van der Waals surface area (Å²) >= 11 is 0. The molecule has 0 aromatic rings. The van der Waals surface area contributed by atoms with Crippen LogP contribution in [0.1, 0.15) is 13.3 Å². The van der Waals surface area contributed by atoms with E-state index in [0.29, 0.717) is 6.04 Å². The Labute approximate surface area is 56.8 Å². The van der Waals surface area contributed by atoms with Gasteiger partial charge in [-0.1, -0.05) is 6.92 Å². The highest BCUT2D eigenvalue weighted by molar-refractivity contribution is 4.71. The molecule has 0 spiro atoms. The average molecular weight is 129 g/mol. The van der Waals surface area contributed by atoms with Crippen LogP contribution in [0.15, 0.2) is 0 Å². The molecule has 0 amide bonds. The van der Waals surface area contributed by atoms with E-state index >= 15 is 0 Å². The minimum Gasteiger partial charge on any atom is -0.380 e. The molecule has 0 aliphatic carbocycles. The zero-order valence-corrected chi connectivity index (χ0v) is 6.26. The van der Waals surface area contributed by atoms with Crippen molar-refractivity contribution < 1.29 is 4.74 Å². The molecule has 1 aliphatic heterocycles. The second kappa shape index (κ2) is 3.18. The predicted molar refractivity (Wildman–Crippen MR) is 37.5 cm³/mol. The SMILES string of the molecule is CCN(C)[C@@H]1CCOC1. The van der Waals surface area contributed by atoms with Crippen LogP contribution in [-0.2, 0) is 4.74 Å². The molecule has 0 bridgehead atoms. The molecule has 54 valence electrons. The van der Waals surface area contributed by atoms with Crippen LogP contribution < -0.4 is 0 Å². The minimum absolute atomic E-state index is 0.690. The summed E-state index contributed by atoms with van der Waals surface area (Å²) in [4.78, 5) is 2.34. The Morgan fingerprint density at radius 1 is 1.67 bits per heavy atom. The maximum Gasteiger partial charge on any atom is 0.0622 e. The van der Waals surface area contributed by atoms with Crippen LogP contribution in [0.25, 0.3) is 0 Å². The van der Waals surface area contributed by atoms with Gasteiger partial charge in [-0.25, -0.2) is 0 Å². The monoisotopic (exact) mass is 129 g/mol. The zero-order valence-electron chi connectivity index (χ0n) is 6.26. The quantitative estimate of drug-likeness (QED) is 0.545. The van der Waals surface area contributed by atoms with Crippen molar-refractivity contribution in [3.63, 3.8) is 0 Å². The molecule has 9 heavy (non-hydrogen) atoms. The molecule has 1 rings (SSSR count). The fourth-order valence-corrected chi connectivity index (χ4v) is 1.13. The maximum atomic E-state index is 5.24. The van der Waals surface area contributed by atoms with Crippen molar-refractivity contribution in [2.45, 2.75) is 19.4 Å². The van der Waals surface area contributed by atoms with Gasteiger partial charge in [0.2, 0.25) is 0 Å². The van der Waals surface area contributed by atoms with Crippen LogP contribution in [-0.4, -0.2) is 37.7 Å². The maximum absolute atomic E-state index is 5.24. The molecule has 1 fully saturated rings. The first-order valence-corrected chi connectivity index (χ1v) is 3.62. The van der Waals surface area contributed by atoms with E-state index in [-0.39, 0.29) is 0 Å². The number of rotatable bonds is 2. The third-order valence-electron chi connectivity index (χ3n) is 2.03. The number of likely N-dealkylation sites (N-methyl/N-ethyl adjacent to an activating group) is 1. The average Bonchev–Trinajstić information content (AvgIpc) is 2.37. The Balaban J connectivity index is 2.24. The molecule has 1 saturated heterocycles. The Bertz CT molecular complexity index is 79.0. The summed E-state index contributed by atoms with van der Waals surface area (Å²) in [5, 5.41) is 0. The van der Waals surface area contributed by atoms with Gasteiger partial charge in [-0.2, -0.15) is 0 Å². The molecule has 2 heteroatoms. The highest BCUT2D eigenvalue weighted by Crippen LogP contribution is 2.09. The Morgan fingerprint density at radius 2 is 2.44 bits per heavy atom. The van der Waals surface area contributed by atoms with E-state index < -0.39 is 0 Å². The summed E-state index contributed by atoms with van der Waals surface area (Å²) < 4.78 is 5.24. The third kappa shape index (κ3) is 1.66. The van der Waals surface area contributed by atoms with Crippen molar-refractivity contribution >= 4 is 0 Å². The summed E-state index contributed by atoms with van der Waals surface area (Å²) in [7, 11) is 2.15. The van der Waals surface area contributed by atoms with E-state index in [2.05, 4.69) is 18.9 Å². The number of nitrogens with zero attached hydrogens (tertiary/aromatic N) is 1. The van der Waals surface area contributed by atoms with Crippen LogP contribution in [0, 0.1) is 0 Å². The molecule has 1 aliphatic rings. The second-order valence-corrected chi connectivity index (χ2v) is 2.59. The van der Waals surface area contributed by atoms with Gasteiger partial charge in [-0.3, -0.25) is 0 Å². The summed E-state index contributed by atoms with van der Waals surface area (Å²) in [6.07, 6.45) is 1.21. The van der Waals surface area contributed by atoms with Gasteiger partial charge in [0.05, 0.1) is 6.61 Å². The largest absolute Gasteiger partial charge is 0.380 e. The number of hydrogen-bond donors (Lipinski definition) is 0. The lowest BCUT2D eigenvalue weighted by atomic mass is 10.2. The van der Waals surface area contributed by atoms with Gasteiger partial charge in [-0.15, -0.1) is 0 Å². The van der Waals surface area contributed by atoms with Gasteiger partial charge >= 0.3 is 0 Å². The van der Waals surface area contributed by atoms with Crippen LogP contribution in [0.3, 0.4) is 0 Å². The zero-order chi connectivity index (χ0) is 6.69. The van der Waals surface area contributed by atoms with E-state index in [1.54, 1.807) is 0 Å². The van der Waals surface area contributed by atoms with Crippen molar-refractivity contribution in [1.82, 2.24) is 4.90 Å². The van der Waals surface area contributed by atoms with Crippen LogP contribution in [0.4, 0.5) is 0 Å². The summed E-state index contributed by atoms with van der Waals surface area (Å²) in [5.41, 5.74) is 0. The number of ether oxygens (including phenoxy) is 1. The molecule has 0 radical (unpaired) electrons. The van der Waals surface area contributed by atoms with Gasteiger partial charge < -0.3 is 9.64 Å². The first kappa shape index (κ1) is 7.03.